The summed E-state index contributed by atoms with van der Waals surface area (Å²) >= 11 is 7.56. The van der Waals surface area contributed by atoms with Gasteiger partial charge in [0.15, 0.2) is 11.0 Å². The first-order valence-corrected chi connectivity index (χ1v) is 10.5. The molecule has 0 saturated heterocycles. The highest BCUT2D eigenvalue weighted by atomic mass is 35.5. The number of rotatable bonds is 7. The highest BCUT2D eigenvalue weighted by molar-refractivity contribution is 7.98. The number of nitrogens with one attached hydrogen (secondary N) is 1. The van der Waals surface area contributed by atoms with Gasteiger partial charge in [0.1, 0.15) is 0 Å². The first-order chi connectivity index (χ1) is 13.5. The van der Waals surface area contributed by atoms with Crippen molar-refractivity contribution in [1.82, 2.24) is 20.1 Å². The van der Waals surface area contributed by atoms with Gasteiger partial charge in [-0.25, -0.2) is 0 Å². The van der Waals surface area contributed by atoms with Crippen LogP contribution in [-0.2, 0) is 12.3 Å². The summed E-state index contributed by atoms with van der Waals surface area (Å²) in [6.07, 6.45) is 0. The highest BCUT2D eigenvalue weighted by Crippen LogP contribution is 2.25. The van der Waals surface area contributed by atoms with Gasteiger partial charge in [-0.3, -0.25) is 4.79 Å². The number of aryl methyl sites for hydroxylation is 1. The number of aromatic nitrogens is 3. The lowest BCUT2D eigenvalue weighted by Crippen LogP contribution is -2.28. The van der Waals surface area contributed by atoms with Gasteiger partial charge in [0, 0.05) is 22.9 Å². The largest absolute Gasteiger partial charge is 0.342 e. The number of carbonyl (C=O) groups excluding carboxylic acids is 1. The smallest absolute Gasteiger partial charge is 0.251 e. The maximum atomic E-state index is 12.5. The summed E-state index contributed by atoms with van der Waals surface area (Å²) in [5, 5.41) is 13.2. The van der Waals surface area contributed by atoms with Crippen LogP contribution in [0.5, 0.6) is 0 Å². The third kappa shape index (κ3) is 4.94. The van der Waals surface area contributed by atoms with Crippen LogP contribution in [0.15, 0.2) is 53.7 Å². The molecule has 7 heteroatoms. The second-order valence-electron chi connectivity index (χ2n) is 6.56. The maximum Gasteiger partial charge on any atom is 0.251 e. The van der Waals surface area contributed by atoms with Gasteiger partial charge in [0.05, 0.1) is 6.04 Å². The van der Waals surface area contributed by atoms with Crippen molar-refractivity contribution in [2.75, 3.05) is 0 Å². The minimum absolute atomic E-state index is 0.117. The molecule has 1 heterocycles. The van der Waals surface area contributed by atoms with E-state index in [2.05, 4.69) is 15.5 Å². The van der Waals surface area contributed by atoms with Crippen LogP contribution >= 0.6 is 23.4 Å². The van der Waals surface area contributed by atoms with Gasteiger partial charge < -0.3 is 9.88 Å². The number of carbonyl (C=O) groups is 1. The second kappa shape index (κ2) is 9.26. The lowest BCUT2D eigenvalue weighted by molar-refractivity contribution is 0.0937. The average molecular weight is 415 g/mol. The molecule has 0 spiro atoms. The Morgan fingerprint density at radius 2 is 1.82 bits per heavy atom. The van der Waals surface area contributed by atoms with Crippen LogP contribution in [0.1, 0.15) is 47.2 Å². The van der Waals surface area contributed by atoms with Gasteiger partial charge in [-0.2, -0.15) is 0 Å². The van der Waals surface area contributed by atoms with E-state index in [1.54, 1.807) is 11.8 Å². The van der Waals surface area contributed by atoms with E-state index in [0.717, 1.165) is 33.9 Å². The summed E-state index contributed by atoms with van der Waals surface area (Å²) in [4.78, 5) is 12.5. The molecule has 0 saturated carbocycles. The van der Waals surface area contributed by atoms with E-state index in [4.69, 9.17) is 11.6 Å². The van der Waals surface area contributed by atoms with Crippen molar-refractivity contribution >= 4 is 29.3 Å². The Morgan fingerprint density at radius 3 is 2.46 bits per heavy atom. The Kier molecular flexibility index (Phi) is 6.75. The predicted molar refractivity (Wildman–Crippen MR) is 114 cm³/mol. The molecule has 0 radical (unpaired) electrons. The summed E-state index contributed by atoms with van der Waals surface area (Å²) in [7, 11) is 0. The van der Waals surface area contributed by atoms with E-state index < -0.39 is 0 Å². The van der Waals surface area contributed by atoms with Crippen molar-refractivity contribution in [2.24, 2.45) is 0 Å². The fourth-order valence-corrected chi connectivity index (χ4v) is 3.89. The quantitative estimate of drug-likeness (QED) is 0.550. The molecule has 5 nitrogen and oxygen atoms in total. The van der Waals surface area contributed by atoms with Crippen LogP contribution in [-0.4, -0.2) is 20.7 Å². The Bertz CT molecular complexity index is 938. The fraction of sp³-hybridized carbons (Fsp3) is 0.286. The van der Waals surface area contributed by atoms with E-state index in [1.165, 1.54) is 5.56 Å². The molecule has 1 N–H and O–H groups in total. The molecule has 0 bridgehead atoms. The molecule has 146 valence electrons. The summed E-state index contributed by atoms with van der Waals surface area (Å²) in [6.45, 7) is 6.71. The number of thioether (sulfide) groups is 1. The molecular formula is C21H23ClN4OS. The molecule has 0 unspecified atom stereocenters. The van der Waals surface area contributed by atoms with E-state index in [-0.39, 0.29) is 11.9 Å². The Labute approximate surface area is 174 Å². The van der Waals surface area contributed by atoms with Crippen molar-refractivity contribution in [3.63, 3.8) is 0 Å². The van der Waals surface area contributed by atoms with Gasteiger partial charge in [-0.15, -0.1) is 10.2 Å². The zero-order valence-electron chi connectivity index (χ0n) is 16.1. The molecule has 2 aromatic carbocycles. The predicted octanol–water partition coefficient (Wildman–Crippen LogP) is 5.04. The molecule has 1 amide bonds. The van der Waals surface area contributed by atoms with Gasteiger partial charge in [-0.1, -0.05) is 53.2 Å². The second-order valence-corrected chi connectivity index (χ2v) is 7.94. The van der Waals surface area contributed by atoms with Gasteiger partial charge in [0.25, 0.3) is 5.91 Å². The minimum Gasteiger partial charge on any atom is -0.342 e. The number of hydrogen-bond acceptors (Lipinski definition) is 4. The van der Waals surface area contributed by atoms with Gasteiger partial charge >= 0.3 is 0 Å². The van der Waals surface area contributed by atoms with Crippen LogP contribution in [0.25, 0.3) is 0 Å². The van der Waals surface area contributed by atoms with E-state index in [0.29, 0.717) is 5.56 Å². The topological polar surface area (TPSA) is 59.8 Å². The Morgan fingerprint density at radius 1 is 1.14 bits per heavy atom. The lowest BCUT2D eigenvalue weighted by Gasteiger charge is -2.15. The first kappa shape index (κ1) is 20.4. The molecule has 28 heavy (non-hydrogen) atoms. The molecule has 0 aliphatic heterocycles. The van der Waals surface area contributed by atoms with Gasteiger partial charge in [-0.05, 0) is 50.6 Å². The average Bonchev–Trinajstić information content (AvgIpc) is 3.11. The van der Waals surface area contributed by atoms with Crippen LogP contribution in [0.2, 0.25) is 5.02 Å². The molecule has 1 aromatic heterocycles. The number of amides is 1. The molecular weight excluding hydrogens is 392 g/mol. The monoisotopic (exact) mass is 414 g/mol. The van der Waals surface area contributed by atoms with Crippen molar-refractivity contribution in [2.45, 2.75) is 44.3 Å². The Hall–Kier alpha value is -2.31. The number of benzene rings is 2. The lowest BCUT2D eigenvalue weighted by atomic mass is 10.1. The number of halogens is 1. The summed E-state index contributed by atoms with van der Waals surface area (Å²) in [5.74, 6) is 1.41. The van der Waals surface area contributed by atoms with Crippen molar-refractivity contribution in [3.8, 4) is 0 Å². The summed E-state index contributed by atoms with van der Waals surface area (Å²) in [6, 6.07) is 15.1. The van der Waals surface area contributed by atoms with Crippen molar-refractivity contribution < 1.29 is 4.79 Å². The normalized spacial score (nSPS) is 12.0. The fourth-order valence-electron chi connectivity index (χ4n) is 2.80. The van der Waals surface area contributed by atoms with Crippen LogP contribution in [0.3, 0.4) is 0 Å². The van der Waals surface area contributed by atoms with E-state index in [9.17, 15) is 4.79 Å². The van der Waals surface area contributed by atoms with Crippen LogP contribution in [0.4, 0.5) is 0 Å². The zero-order chi connectivity index (χ0) is 20.1. The van der Waals surface area contributed by atoms with Crippen LogP contribution < -0.4 is 5.32 Å². The van der Waals surface area contributed by atoms with Gasteiger partial charge in [0.2, 0.25) is 0 Å². The summed E-state index contributed by atoms with van der Waals surface area (Å²) in [5.41, 5.74) is 2.93. The number of hydrogen-bond donors (Lipinski definition) is 1. The molecule has 0 aliphatic carbocycles. The molecule has 3 rings (SSSR count). The Balaban J connectivity index is 1.68. The highest BCUT2D eigenvalue weighted by Gasteiger charge is 2.19. The molecule has 3 aromatic rings. The SMILES string of the molecule is CCn1c(SCc2ccc(Cl)cc2)nnc1[C@@H](C)NC(=O)c1ccc(C)cc1. The van der Waals surface area contributed by atoms with Crippen LogP contribution in [0, 0.1) is 6.92 Å². The zero-order valence-corrected chi connectivity index (χ0v) is 17.7. The summed E-state index contributed by atoms with van der Waals surface area (Å²) < 4.78 is 2.04. The maximum absolute atomic E-state index is 12.5. The third-order valence-electron chi connectivity index (χ3n) is 4.39. The third-order valence-corrected chi connectivity index (χ3v) is 5.68. The van der Waals surface area contributed by atoms with E-state index >= 15 is 0 Å². The minimum atomic E-state index is -0.244. The number of nitrogens with zero attached hydrogens (tertiary/aromatic N) is 3. The first-order valence-electron chi connectivity index (χ1n) is 9.15. The van der Waals surface area contributed by atoms with Crippen molar-refractivity contribution in [1.29, 1.82) is 0 Å². The standard InChI is InChI=1S/C21H23ClN4OS/c1-4-26-19(15(3)23-20(27)17-9-5-14(2)6-10-17)24-25-21(26)28-13-16-7-11-18(22)12-8-16/h5-12,15H,4,13H2,1-3H3,(H,23,27)/t15-/m1/s1. The molecule has 0 fully saturated rings. The van der Waals surface area contributed by atoms with E-state index in [1.807, 2.05) is 73.9 Å². The molecule has 1 atom stereocenters. The van der Waals surface area contributed by atoms with Crippen molar-refractivity contribution in [3.05, 3.63) is 76.1 Å². The molecule has 0 aliphatic rings.